The highest BCUT2D eigenvalue weighted by Gasteiger charge is 2.35. The summed E-state index contributed by atoms with van der Waals surface area (Å²) < 4.78 is 0. The second-order valence-corrected chi connectivity index (χ2v) is 5.36. The maximum absolute atomic E-state index is 9.67. The number of hydrogen-bond acceptors (Lipinski definition) is 4. The molecule has 0 bridgehead atoms. The maximum Gasteiger partial charge on any atom is 0.0846 e. The molecule has 1 unspecified atom stereocenters. The Balaban J connectivity index is 3.31. The third kappa shape index (κ3) is 3.18. The van der Waals surface area contributed by atoms with Crippen molar-refractivity contribution in [3.05, 3.63) is 34.9 Å². The largest absolute Gasteiger partial charge is 0.396 e. The van der Waals surface area contributed by atoms with E-state index in [4.69, 9.17) is 5.11 Å². The lowest BCUT2D eigenvalue weighted by atomic mass is 9.69. The minimum absolute atomic E-state index is 0.0533. The monoisotopic (exact) mass is 277 g/mol. The molecule has 0 aliphatic rings. The zero-order valence-corrected chi connectivity index (χ0v) is 12.1. The molecule has 0 spiro atoms. The summed E-state index contributed by atoms with van der Waals surface area (Å²) in [5.74, 6) is 0.0885. The van der Waals surface area contributed by atoms with E-state index in [1.54, 1.807) is 12.1 Å². The van der Waals surface area contributed by atoms with Crippen LogP contribution < -0.4 is 0 Å². The van der Waals surface area contributed by atoms with Crippen LogP contribution in [0.15, 0.2) is 18.2 Å². The van der Waals surface area contributed by atoms with Gasteiger partial charge in [-0.3, -0.25) is 0 Å². The molecule has 20 heavy (non-hydrogen) atoms. The van der Waals surface area contributed by atoms with Gasteiger partial charge >= 0.3 is 0 Å². The maximum atomic E-state index is 9.67. The molecule has 0 aliphatic carbocycles. The molecular formula is C16H23NO3. The standard InChI is InChI=1S/C16H23NO3/c1-12(2)16(11-17,6-3-7-18)15-5-4-13(9-19)14(8-15)10-20/h4-5,8,12,18-20H,3,6-7,9-10H2,1-2H3. The molecule has 1 rings (SSSR count). The first-order valence-electron chi connectivity index (χ1n) is 6.91. The number of aliphatic hydroxyl groups excluding tert-OH is 3. The van der Waals surface area contributed by atoms with E-state index in [9.17, 15) is 15.5 Å². The van der Waals surface area contributed by atoms with Gasteiger partial charge in [-0.1, -0.05) is 32.0 Å². The summed E-state index contributed by atoms with van der Waals surface area (Å²) in [7, 11) is 0. The lowest BCUT2D eigenvalue weighted by Crippen LogP contribution is -2.31. The molecule has 4 heteroatoms. The minimum Gasteiger partial charge on any atom is -0.396 e. The fourth-order valence-electron chi connectivity index (χ4n) is 2.58. The average Bonchev–Trinajstić information content (AvgIpc) is 2.47. The zero-order chi connectivity index (χ0) is 15.2. The molecule has 0 heterocycles. The summed E-state index contributed by atoms with van der Waals surface area (Å²) in [6, 6.07) is 7.79. The van der Waals surface area contributed by atoms with E-state index in [0.29, 0.717) is 24.0 Å². The molecule has 0 radical (unpaired) electrons. The molecule has 0 saturated heterocycles. The van der Waals surface area contributed by atoms with Crippen molar-refractivity contribution in [1.29, 1.82) is 5.26 Å². The third-order valence-corrected chi connectivity index (χ3v) is 3.98. The highest BCUT2D eigenvalue weighted by Crippen LogP contribution is 2.37. The molecule has 0 amide bonds. The third-order valence-electron chi connectivity index (χ3n) is 3.98. The predicted molar refractivity (Wildman–Crippen MR) is 76.7 cm³/mol. The van der Waals surface area contributed by atoms with Crippen molar-refractivity contribution in [3.8, 4) is 6.07 Å². The van der Waals surface area contributed by atoms with Crippen molar-refractivity contribution >= 4 is 0 Å². The van der Waals surface area contributed by atoms with Crippen LogP contribution in [-0.4, -0.2) is 21.9 Å². The summed E-state index contributed by atoms with van der Waals surface area (Å²) in [5.41, 5.74) is 1.48. The van der Waals surface area contributed by atoms with E-state index in [1.807, 2.05) is 19.9 Å². The van der Waals surface area contributed by atoms with E-state index in [2.05, 4.69) is 6.07 Å². The van der Waals surface area contributed by atoms with Crippen molar-refractivity contribution in [2.75, 3.05) is 6.61 Å². The summed E-state index contributed by atoms with van der Waals surface area (Å²) in [5, 5.41) is 37.4. The first-order chi connectivity index (χ1) is 9.55. The lowest BCUT2D eigenvalue weighted by molar-refractivity contribution is 0.253. The Hall–Kier alpha value is -1.41. The molecule has 110 valence electrons. The first-order valence-corrected chi connectivity index (χ1v) is 6.91. The fraction of sp³-hybridized carbons (Fsp3) is 0.562. The number of rotatable bonds is 7. The van der Waals surface area contributed by atoms with E-state index in [-0.39, 0.29) is 25.7 Å². The van der Waals surface area contributed by atoms with Crippen LogP contribution in [0.4, 0.5) is 0 Å². The smallest absolute Gasteiger partial charge is 0.0846 e. The predicted octanol–water partition coefficient (Wildman–Crippen LogP) is 1.86. The van der Waals surface area contributed by atoms with Gasteiger partial charge in [0, 0.05) is 6.61 Å². The Morgan fingerprint density at radius 2 is 1.80 bits per heavy atom. The lowest BCUT2D eigenvalue weighted by Gasteiger charge is -2.32. The Morgan fingerprint density at radius 3 is 2.25 bits per heavy atom. The Morgan fingerprint density at radius 1 is 1.15 bits per heavy atom. The Labute approximate surface area is 120 Å². The molecule has 0 fully saturated rings. The van der Waals surface area contributed by atoms with E-state index < -0.39 is 5.41 Å². The Kier molecular flexibility index (Phi) is 6.15. The van der Waals surface area contributed by atoms with E-state index >= 15 is 0 Å². The number of aliphatic hydroxyl groups is 3. The van der Waals surface area contributed by atoms with Gasteiger partial charge in [-0.15, -0.1) is 0 Å². The van der Waals surface area contributed by atoms with Crippen molar-refractivity contribution in [2.24, 2.45) is 5.92 Å². The summed E-state index contributed by atoms with van der Waals surface area (Å²) in [6.07, 6.45) is 1.13. The van der Waals surface area contributed by atoms with Crippen molar-refractivity contribution in [3.63, 3.8) is 0 Å². The van der Waals surface area contributed by atoms with Gasteiger partial charge in [-0.2, -0.15) is 5.26 Å². The fourth-order valence-corrected chi connectivity index (χ4v) is 2.58. The average molecular weight is 277 g/mol. The highest BCUT2D eigenvalue weighted by molar-refractivity contribution is 5.39. The molecule has 0 aliphatic heterocycles. The van der Waals surface area contributed by atoms with Crippen LogP contribution in [-0.2, 0) is 18.6 Å². The second kappa shape index (κ2) is 7.39. The van der Waals surface area contributed by atoms with Crippen LogP contribution in [0.25, 0.3) is 0 Å². The number of nitriles is 1. The topological polar surface area (TPSA) is 84.5 Å². The SMILES string of the molecule is CC(C)C(C#N)(CCCO)c1ccc(CO)c(CO)c1. The summed E-state index contributed by atoms with van der Waals surface area (Å²) >= 11 is 0. The van der Waals surface area contributed by atoms with Crippen LogP contribution in [0.3, 0.4) is 0 Å². The van der Waals surface area contributed by atoms with E-state index in [0.717, 1.165) is 5.56 Å². The van der Waals surface area contributed by atoms with Gasteiger partial charge in [-0.05, 0) is 35.4 Å². The summed E-state index contributed by atoms with van der Waals surface area (Å²) in [4.78, 5) is 0. The molecular weight excluding hydrogens is 254 g/mol. The van der Waals surface area contributed by atoms with Gasteiger partial charge < -0.3 is 15.3 Å². The van der Waals surface area contributed by atoms with Gasteiger partial charge in [0.1, 0.15) is 0 Å². The number of nitrogens with zero attached hydrogens (tertiary/aromatic N) is 1. The molecule has 1 atom stereocenters. The molecule has 3 N–H and O–H groups in total. The molecule has 4 nitrogen and oxygen atoms in total. The van der Waals surface area contributed by atoms with Gasteiger partial charge in [-0.25, -0.2) is 0 Å². The first kappa shape index (κ1) is 16.6. The van der Waals surface area contributed by atoms with Crippen molar-refractivity contribution in [2.45, 2.75) is 45.3 Å². The normalized spacial score (nSPS) is 14.1. The minimum atomic E-state index is -0.680. The van der Waals surface area contributed by atoms with Crippen LogP contribution in [0.5, 0.6) is 0 Å². The molecule has 0 saturated carbocycles. The van der Waals surface area contributed by atoms with Crippen LogP contribution in [0.2, 0.25) is 0 Å². The van der Waals surface area contributed by atoms with Gasteiger partial charge in [0.05, 0.1) is 24.7 Å². The molecule has 0 aromatic heterocycles. The van der Waals surface area contributed by atoms with Gasteiger partial charge in [0.2, 0.25) is 0 Å². The number of hydrogen-bond donors (Lipinski definition) is 3. The zero-order valence-electron chi connectivity index (χ0n) is 12.1. The van der Waals surface area contributed by atoms with Crippen molar-refractivity contribution < 1.29 is 15.3 Å². The van der Waals surface area contributed by atoms with Crippen LogP contribution >= 0.6 is 0 Å². The van der Waals surface area contributed by atoms with Crippen molar-refractivity contribution in [1.82, 2.24) is 0 Å². The van der Waals surface area contributed by atoms with Gasteiger partial charge in [0.25, 0.3) is 0 Å². The molecule has 1 aromatic rings. The van der Waals surface area contributed by atoms with Gasteiger partial charge in [0.15, 0.2) is 0 Å². The van der Waals surface area contributed by atoms with E-state index in [1.165, 1.54) is 0 Å². The van der Waals surface area contributed by atoms with Crippen LogP contribution in [0, 0.1) is 17.2 Å². The summed E-state index contributed by atoms with van der Waals surface area (Å²) in [6.45, 7) is 3.73. The Bertz CT molecular complexity index is 479. The second-order valence-electron chi connectivity index (χ2n) is 5.36. The highest BCUT2D eigenvalue weighted by atomic mass is 16.3. The quantitative estimate of drug-likeness (QED) is 0.710. The molecule has 1 aromatic carbocycles. The van der Waals surface area contributed by atoms with Crippen LogP contribution in [0.1, 0.15) is 43.4 Å². The number of benzene rings is 1.